The van der Waals surface area contributed by atoms with Gasteiger partial charge >= 0.3 is 0 Å². The van der Waals surface area contributed by atoms with Gasteiger partial charge in [-0.25, -0.2) is 0 Å². The van der Waals surface area contributed by atoms with Crippen LogP contribution in [0.3, 0.4) is 0 Å². The van der Waals surface area contributed by atoms with Crippen molar-refractivity contribution in [2.24, 2.45) is 5.92 Å². The molecule has 0 rings (SSSR count). The molecule has 0 aromatic heterocycles. The number of hydrogen-bond acceptors (Lipinski definition) is 1. The van der Waals surface area contributed by atoms with Crippen LogP contribution < -0.4 is 0 Å². The van der Waals surface area contributed by atoms with Gasteiger partial charge in [-0.05, 0) is 18.9 Å². The zero-order chi connectivity index (χ0) is 8.69. The molecule has 0 saturated carbocycles. The summed E-state index contributed by atoms with van der Waals surface area (Å²) in [6.45, 7) is 6.32. The van der Waals surface area contributed by atoms with E-state index in [9.17, 15) is 4.79 Å². The third-order valence-electron chi connectivity index (χ3n) is 1.63. The molecule has 1 atom stereocenters. The van der Waals surface area contributed by atoms with Crippen molar-refractivity contribution in [3.63, 3.8) is 0 Å². The van der Waals surface area contributed by atoms with Gasteiger partial charge in [0, 0.05) is 0 Å². The van der Waals surface area contributed by atoms with Gasteiger partial charge in [-0.3, -0.25) is 4.79 Å². The molecule has 0 heterocycles. The molecule has 0 amide bonds. The van der Waals surface area contributed by atoms with Crippen LogP contribution in [0.25, 0.3) is 0 Å². The van der Waals surface area contributed by atoms with Crippen molar-refractivity contribution in [2.45, 2.75) is 27.2 Å². The topological polar surface area (TPSA) is 17.1 Å². The standard InChI is InChI=1S/C10H16O/c1-4-9(2)8-10(3)6-5-7-11/h5-9H,4H2,1-3H3/b6-5+,10-8+/t9-/m1/s1. The Hall–Kier alpha value is -0.850. The zero-order valence-corrected chi connectivity index (χ0v) is 7.50. The number of carbonyl (C=O) groups excluding carboxylic acids is 1. The minimum Gasteiger partial charge on any atom is -0.299 e. The highest BCUT2D eigenvalue weighted by molar-refractivity contribution is 5.65. The molecule has 0 aliphatic rings. The van der Waals surface area contributed by atoms with E-state index in [1.54, 1.807) is 0 Å². The summed E-state index contributed by atoms with van der Waals surface area (Å²) < 4.78 is 0. The van der Waals surface area contributed by atoms with Crippen molar-refractivity contribution in [3.8, 4) is 0 Å². The smallest absolute Gasteiger partial charge is 0.142 e. The maximum atomic E-state index is 9.95. The number of allylic oxidation sites excluding steroid dienone is 4. The summed E-state index contributed by atoms with van der Waals surface area (Å²) >= 11 is 0. The van der Waals surface area contributed by atoms with Crippen molar-refractivity contribution in [3.05, 3.63) is 23.8 Å². The van der Waals surface area contributed by atoms with Crippen LogP contribution in [0.4, 0.5) is 0 Å². The maximum absolute atomic E-state index is 9.95. The fourth-order valence-electron chi connectivity index (χ4n) is 0.813. The van der Waals surface area contributed by atoms with Crippen LogP contribution >= 0.6 is 0 Å². The molecule has 11 heavy (non-hydrogen) atoms. The second kappa shape index (κ2) is 5.90. The van der Waals surface area contributed by atoms with E-state index in [1.807, 2.05) is 13.0 Å². The lowest BCUT2D eigenvalue weighted by Crippen LogP contribution is -1.86. The lowest BCUT2D eigenvalue weighted by atomic mass is 10.1. The summed E-state index contributed by atoms with van der Waals surface area (Å²) in [7, 11) is 0. The summed E-state index contributed by atoms with van der Waals surface area (Å²) in [4.78, 5) is 9.95. The van der Waals surface area contributed by atoms with Gasteiger partial charge in [-0.1, -0.05) is 38.0 Å². The van der Waals surface area contributed by atoms with Crippen molar-refractivity contribution in [2.75, 3.05) is 0 Å². The van der Waals surface area contributed by atoms with Crippen LogP contribution in [0.1, 0.15) is 27.2 Å². The van der Waals surface area contributed by atoms with E-state index in [2.05, 4.69) is 19.9 Å². The van der Waals surface area contributed by atoms with Gasteiger partial charge in [-0.2, -0.15) is 0 Å². The Balaban J connectivity index is 3.98. The predicted octanol–water partition coefficient (Wildman–Crippen LogP) is 2.73. The van der Waals surface area contributed by atoms with Gasteiger partial charge < -0.3 is 0 Å². The molecule has 0 unspecified atom stereocenters. The molecule has 0 aromatic rings. The van der Waals surface area contributed by atoms with Gasteiger partial charge in [0.15, 0.2) is 0 Å². The molecule has 1 nitrogen and oxygen atoms in total. The average Bonchev–Trinajstić information content (AvgIpc) is 2.00. The Morgan fingerprint density at radius 2 is 2.18 bits per heavy atom. The Kier molecular flexibility index (Phi) is 5.44. The molecule has 0 bridgehead atoms. The summed E-state index contributed by atoms with van der Waals surface area (Å²) in [5.41, 5.74) is 1.16. The van der Waals surface area contributed by atoms with E-state index in [-0.39, 0.29) is 0 Å². The number of hydrogen-bond donors (Lipinski definition) is 0. The van der Waals surface area contributed by atoms with E-state index in [0.717, 1.165) is 18.3 Å². The third-order valence-corrected chi connectivity index (χ3v) is 1.63. The van der Waals surface area contributed by atoms with Crippen LogP contribution in [0.5, 0.6) is 0 Å². The first kappa shape index (κ1) is 10.2. The minimum absolute atomic E-state index is 0.603. The van der Waals surface area contributed by atoms with E-state index < -0.39 is 0 Å². The summed E-state index contributed by atoms with van der Waals surface area (Å²) in [6, 6.07) is 0. The molecule has 0 radical (unpaired) electrons. The van der Waals surface area contributed by atoms with Gasteiger partial charge in [-0.15, -0.1) is 0 Å². The molecule has 0 aliphatic carbocycles. The lowest BCUT2D eigenvalue weighted by Gasteiger charge is -2.00. The van der Waals surface area contributed by atoms with Gasteiger partial charge in [0.1, 0.15) is 6.29 Å². The molecule has 0 fully saturated rings. The van der Waals surface area contributed by atoms with E-state index in [4.69, 9.17) is 0 Å². The molecule has 0 N–H and O–H groups in total. The number of rotatable bonds is 4. The highest BCUT2D eigenvalue weighted by atomic mass is 16.1. The minimum atomic E-state index is 0.603. The van der Waals surface area contributed by atoms with E-state index in [1.165, 1.54) is 6.08 Å². The largest absolute Gasteiger partial charge is 0.299 e. The van der Waals surface area contributed by atoms with Crippen molar-refractivity contribution < 1.29 is 4.79 Å². The summed E-state index contributed by atoms with van der Waals surface area (Å²) in [5, 5.41) is 0. The van der Waals surface area contributed by atoms with Crippen LogP contribution in [-0.2, 0) is 4.79 Å². The first-order valence-corrected chi connectivity index (χ1v) is 4.01. The molecular weight excluding hydrogens is 136 g/mol. The SMILES string of the molecule is CC[C@@H](C)/C=C(C)/C=C/C=O. The Bertz CT molecular complexity index is 166. The van der Waals surface area contributed by atoms with Crippen LogP contribution in [0, 0.1) is 5.92 Å². The quantitative estimate of drug-likeness (QED) is 0.344. The average molecular weight is 152 g/mol. The summed E-state index contributed by atoms with van der Waals surface area (Å²) in [5.74, 6) is 0.603. The van der Waals surface area contributed by atoms with Crippen molar-refractivity contribution >= 4 is 6.29 Å². The molecular formula is C10H16O. The van der Waals surface area contributed by atoms with E-state index in [0.29, 0.717) is 5.92 Å². The zero-order valence-electron chi connectivity index (χ0n) is 7.50. The third kappa shape index (κ3) is 5.59. The fraction of sp³-hybridized carbons (Fsp3) is 0.500. The first-order valence-electron chi connectivity index (χ1n) is 4.01. The van der Waals surface area contributed by atoms with Crippen molar-refractivity contribution in [1.29, 1.82) is 0 Å². The highest BCUT2D eigenvalue weighted by Crippen LogP contribution is 2.06. The monoisotopic (exact) mass is 152 g/mol. The maximum Gasteiger partial charge on any atom is 0.142 e. The van der Waals surface area contributed by atoms with E-state index >= 15 is 0 Å². The second-order valence-corrected chi connectivity index (χ2v) is 2.79. The first-order chi connectivity index (χ1) is 5.20. The van der Waals surface area contributed by atoms with Crippen LogP contribution in [0.2, 0.25) is 0 Å². The van der Waals surface area contributed by atoms with Gasteiger partial charge in [0.25, 0.3) is 0 Å². The highest BCUT2D eigenvalue weighted by Gasteiger charge is 1.91. The fourth-order valence-corrected chi connectivity index (χ4v) is 0.813. The molecule has 1 heteroatoms. The Morgan fingerprint density at radius 1 is 1.55 bits per heavy atom. The van der Waals surface area contributed by atoms with Crippen molar-refractivity contribution in [1.82, 2.24) is 0 Å². The Morgan fingerprint density at radius 3 is 2.64 bits per heavy atom. The van der Waals surface area contributed by atoms with Crippen LogP contribution in [0.15, 0.2) is 23.8 Å². The molecule has 0 aliphatic heterocycles. The predicted molar refractivity (Wildman–Crippen MR) is 48.4 cm³/mol. The normalized spacial score (nSPS) is 15.4. The molecule has 62 valence electrons. The lowest BCUT2D eigenvalue weighted by molar-refractivity contribution is -0.104. The molecule has 0 spiro atoms. The number of aldehydes is 1. The summed E-state index contributed by atoms with van der Waals surface area (Å²) in [6.07, 6.45) is 7.47. The van der Waals surface area contributed by atoms with Gasteiger partial charge in [0.2, 0.25) is 0 Å². The second-order valence-electron chi connectivity index (χ2n) is 2.79. The van der Waals surface area contributed by atoms with Gasteiger partial charge in [0.05, 0.1) is 0 Å². The van der Waals surface area contributed by atoms with Crippen LogP contribution in [-0.4, -0.2) is 6.29 Å². The molecule has 0 saturated heterocycles. The Labute approximate surface area is 68.8 Å². The molecule has 0 aromatic carbocycles. The number of carbonyl (C=O) groups is 1.